The molecule has 0 fully saturated rings. The number of hydrogen-bond donors (Lipinski definition) is 4. The molecule has 0 bridgehead atoms. The molecule has 0 saturated carbocycles. The molecule has 210 valence electrons. The van der Waals surface area contributed by atoms with Crippen LogP contribution in [0, 0.1) is 5.82 Å². The van der Waals surface area contributed by atoms with Crippen LogP contribution in [0.1, 0.15) is 45.6 Å². The van der Waals surface area contributed by atoms with Crippen molar-refractivity contribution in [1.29, 1.82) is 0 Å². The summed E-state index contributed by atoms with van der Waals surface area (Å²) in [6, 6.07) is 11.1. The Kier molecular flexibility index (Phi) is 11.4. The molecule has 0 aliphatic rings. The number of alkyl carbamates (subject to hydrolysis) is 1. The summed E-state index contributed by atoms with van der Waals surface area (Å²) in [7, 11) is 0. The lowest BCUT2D eigenvalue weighted by atomic mass is 10.1. The lowest BCUT2D eigenvalue weighted by molar-refractivity contribution is -0.156. The first kappa shape index (κ1) is 30.7. The van der Waals surface area contributed by atoms with Gasteiger partial charge in [0.2, 0.25) is 11.8 Å². The van der Waals surface area contributed by atoms with E-state index in [0.717, 1.165) is 6.07 Å². The van der Waals surface area contributed by atoms with Crippen molar-refractivity contribution in [2.75, 3.05) is 5.32 Å². The van der Waals surface area contributed by atoms with E-state index >= 15 is 0 Å². The summed E-state index contributed by atoms with van der Waals surface area (Å²) in [6.45, 7) is 4.75. The predicted molar refractivity (Wildman–Crippen MR) is 138 cm³/mol. The van der Waals surface area contributed by atoms with E-state index < -0.39 is 66.2 Å². The number of benzene rings is 2. The number of nitrogens with one attached hydrogen (secondary N) is 3. The molecule has 39 heavy (non-hydrogen) atoms. The fraction of sp³-hybridized carbons (Fsp3) is 0.370. The van der Waals surface area contributed by atoms with Crippen molar-refractivity contribution in [2.45, 2.75) is 64.3 Å². The number of esters is 1. The van der Waals surface area contributed by atoms with Gasteiger partial charge >= 0.3 is 18.0 Å². The zero-order chi connectivity index (χ0) is 29.0. The van der Waals surface area contributed by atoms with Crippen LogP contribution >= 0.6 is 0 Å². The molecule has 0 unspecified atom stereocenters. The largest absolute Gasteiger partial charge is 0.481 e. The minimum absolute atomic E-state index is 0.111. The summed E-state index contributed by atoms with van der Waals surface area (Å²) in [5.41, 5.74) is -0.375. The lowest BCUT2D eigenvalue weighted by Crippen LogP contribution is -2.53. The van der Waals surface area contributed by atoms with E-state index in [2.05, 4.69) is 16.0 Å². The Bertz CT molecular complexity index is 1170. The fourth-order valence-electron chi connectivity index (χ4n) is 3.26. The van der Waals surface area contributed by atoms with Gasteiger partial charge in [0.15, 0.2) is 0 Å². The van der Waals surface area contributed by atoms with Gasteiger partial charge in [-0.15, -0.1) is 0 Å². The summed E-state index contributed by atoms with van der Waals surface area (Å²) in [5, 5.41) is 16.0. The van der Waals surface area contributed by atoms with Crippen LogP contribution in [-0.4, -0.2) is 52.6 Å². The molecule has 11 nitrogen and oxygen atoms in total. The summed E-state index contributed by atoms with van der Waals surface area (Å²) < 4.78 is 24.4. The molecule has 0 radical (unpaired) electrons. The highest BCUT2D eigenvalue weighted by Gasteiger charge is 2.31. The molecule has 2 aromatic rings. The number of para-hydroxylation sites is 1. The zero-order valence-corrected chi connectivity index (χ0v) is 21.9. The van der Waals surface area contributed by atoms with Crippen molar-refractivity contribution in [3.05, 3.63) is 66.0 Å². The minimum atomic E-state index is -1.53. The van der Waals surface area contributed by atoms with Crippen molar-refractivity contribution in [1.82, 2.24) is 10.6 Å². The highest BCUT2D eigenvalue weighted by molar-refractivity contribution is 5.99. The second kappa shape index (κ2) is 14.5. The fourth-order valence-corrected chi connectivity index (χ4v) is 3.26. The second-order valence-corrected chi connectivity index (χ2v) is 9.51. The van der Waals surface area contributed by atoms with Crippen molar-refractivity contribution in [3.63, 3.8) is 0 Å². The number of anilines is 1. The number of carboxylic acids is 1. The average Bonchev–Trinajstić information content (AvgIpc) is 2.85. The molecule has 2 atom stereocenters. The Morgan fingerprint density at radius 2 is 1.54 bits per heavy atom. The number of carbonyl (C=O) groups excluding carboxylic acids is 4. The van der Waals surface area contributed by atoms with Crippen molar-refractivity contribution in [2.24, 2.45) is 0 Å². The van der Waals surface area contributed by atoms with Crippen LogP contribution in [0.25, 0.3) is 0 Å². The van der Waals surface area contributed by atoms with Gasteiger partial charge in [0, 0.05) is 6.42 Å². The van der Waals surface area contributed by atoms with Gasteiger partial charge in [0.25, 0.3) is 0 Å². The Morgan fingerprint density at radius 3 is 2.15 bits per heavy atom. The highest BCUT2D eigenvalue weighted by atomic mass is 19.1. The third-order valence-corrected chi connectivity index (χ3v) is 5.02. The summed E-state index contributed by atoms with van der Waals surface area (Å²) in [6.07, 6.45) is -2.47. The number of carboxylic acid groups (broad SMARTS) is 1. The van der Waals surface area contributed by atoms with Gasteiger partial charge in [0.1, 0.15) is 30.1 Å². The van der Waals surface area contributed by atoms with Crippen LogP contribution in [-0.2, 0) is 35.3 Å². The normalized spacial score (nSPS) is 12.4. The SMILES string of the molecule is CC(C)(C)OC(=O)C[C@H](NC(=O)OCc1ccccc1)C(=O)N[C@@H](CCC(=O)O)C(=O)Nc1ccccc1F. The number of carbonyl (C=O) groups is 5. The monoisotopic (exact) mass is 545 g/mol. The Labute approximate surface area is 225 Å². The number of halogens is 1. The molecular weight excluding hydrogens is 513 g/mol. The third-order valence-electron chi connectivity index (χ3n) is 5.02. The third kappa shape index (κ3) is 11.6. The smallest absolute Gasteiger partial charge is 0.408 e. The highest BCUT2D eigenvalue weighted by Crippen LogP contribution is 2.14. The van der Waals surface area contributed by atoms with Crippen molar-refractivity contribution < 1.29 is 42.9 Å². The van der Waals surface area contributed by atoms with Crippen LogP contribution < -0.4 is 16.0 Å². The number of aliphatic carboxylic acids is 1. The van der Waals surface area contributed by atoms with Gasteiger partial charge in [-0.25, -0.2) is 9.18 Å². The number of amides is 3. The molecular formula is C27H32FN3O8. The van der Waals surface area contributed by atoms with E-state index in [4.69, 9.17) is 14.6 Å². The lowest BCUT2D eigenvalue weighted by Gasteiger charge is -2.24. The maximum atomic E-state index is 14.0. The first-order valence-corrected chi connectivity index (χ1v) is 12.1. The van der Waals surface area contributed by atoms with Crippen LogP contribution in [0.4, 0.5) is 14.9 Å². The van der Waals surface area contributed by atoms with Gasteiger partial charge < -0.3 is 30.5 Å². The second-order valence-electron chi connectivity index (χ2n) is 9.51. The molecule has 12 heteroatoms. The van der Waals surface area contributed by atoms with Crippen LogP contribution in [0.15, 0.2) is 54.6 Å². The average molecular weight is 546 g/mol. The molecule has 0 aromatic heterocycles. The standard InChI is InChI=1S/C27H32FN3O8/c1-27(2,3)39-23(34)15-21(31-26(37)38-16-17-9-5-4-6-10-17)25(36)30-20(13-14-22(32)33)24(35)29-19-12-8-7-11-18(19)28/h4-12,20-21H,13-16H2,1-3H3,(H,29,35)(H,30,36)(H,31,37)(H,32,33)/t20-,21-/m0/s1. The van der Waals surface area contributed by atoms with E-state index in [9.17, 15) is 28.4 Å². The van der Waals surface area contributed by atoms with Crippen LogP contribution in [0.5, 0.6) is 0 Å². The maximum Gasteiger partial charge on any atom is 0.408 e. The number of hydrogen-bond acceptors (Lipinski definition) is 7. The molecule has 0 spiro atoms. The van der Waals surface area contributed by atoms with E-state index in [0.29, 0.717) is 5.56 Å². The Balaban J connectivity index is 2.17. The van der Waals surface area contributed by atoms with Gasteiger partial charge in [-0.2, -0.15) is 0 Å². The van der Waals surface area contributed by atoms with Crippen LogP contribution in [0.2, 0.25) is 0 Å². The van der Waals surface area contributed by atoms with Gasteiger partial charge in [0.05, 0.1) is 12.1 Å². The van der Waals surface area contributed by atoms with Crippen LogP contribution in [0.3, 0.4) is 0 Å². The van der Waals surface area contributed by atoms with Crippen molar-refractivity contribution >= 4 is 35.5 Å². The van der Waals surface area contributed by atoms with Gasteiger partial charge in [-0.1, -0.05) is 42.5 Å². The molecule has 4 N–H and O–H groups in total. The molecule has 0 aliphatic heterocycles. The van der Waals surface area contributed by atoms with E-state index in [-0.39, 0.29) is 18.7 Å². The van der Waals surface area contributed by atoms with Gasteiger partial charge in [-0.3, -0.25) is 19.2 Å². The predicted octanol–water partition coefficient (Wildman–Crippen LogP) is 3.14. The molecule has 0 heterocycles. The van der Waals surface area contributed by atoms with E-state index in [1.165, 1.54) is 18.2 Å². The van der Waals surface area contributed by atoms with Crippen molar-refractivity contribution in [3.8, 4) is 0 Å². The number of rotatable bonds is 12. The summed E-state index contributed by atoms with van der Waals surface area (Å²) >= 11 is 0. The minimum Gasteiger partial charge on any atom is -0.481 e. The summed E-state index contributed by atoms with van der Waals surface area (Å²) in [4.78, 5) is 62.0. The zero-order valence-electron chi connectivity index (χ0n) is 21.9. The van der Waals surface area contributed by atoms with Gasteiger partial charge in [-0.05, 0) is 44.9 Å². The molecule has 2 aromatic carbocycles. The molecule has 2 rings (SSSR count). The number of ether oxygens (including phenoxy) is 2. The summed E-state index contributed by atoms with van der Waals surface area (Å²) in [5.74, 6) is -4.65. The maximum absolute atomic E-state index is 14.0. The first-order valence-electron chi connectivity index (χ1n) is 12.1. The molecule has 0 saturated heterocycles. The van der Waals surface area contributed by atoms with E-state index in [1.54, 1.807) is 51.1 Å². The Hall–Kier alpha value is -4.48. The van der Waals surface area contributed by atoms with E-state index in [1.807, 2.05) is 0 Å². The first-order chi connectivity index (χ1) is 18.3. The quantitative estimate of drug-likeness (QED) is 0.296. The molecule has 0 aliphatic carbocycles. The molecule has 3 amide bonds. The topological polar surface area (TPSA) is 160 Å². The Morgan fingerprint density at radius 1 is 0.897 bits per heavy atom.